The lowest BCUT2D eigenvalue weighted by molar-refractivity contribution is -0.159. The van der Waals surface area contributed by atoms with Crippen molar-refractivity contribution in [2.75, 3.05) is 0 Å². The maximum absolute atomic E-state index is 10.3. The third-order valence-corrected chi connectivity index (χ3v) is 1.50. The van der Waals surface area contributed by atoms with Gasteiger partial charge in [0.15, 0.2) is 5.92 Å². The van der Waals surface area contributed by atoms with Gasteiger partial charge in [0.05, 0.1) is 6.10 Å². The highest BCUT2D eigenvalue weighted by Gasteiger charge is 2.32. The lowest BCUT2D eigenvalue weighted by Crippen LogP contribution is -2.34. The minimum absolute atomic E-state index is 0.184. The van der Waals surface area contributed by atoms with E-state index in [9.17, 15) is 9.59 Å². The van der Waals surface area contributed by atoms with Crippen molar-refractivity contribution in [1.82, 2.24) is 0 Å². The van der Waals surface area contributed by atoms with Gasteiger partial charge in [-0.1, -0.05) is 13.3 Å². The number of aliphatic hydroxyl groups is 1. The van der Waals surface area contributed by atoms with E-state index in [0.29, 0.717) is 6.42 Å². The Bertz CT molecular complexity index is 163. The first-order valence-corrected chi connectivity index (χ1v) is 3.64. The van der Waals surface area contributed by atoms with E-state index in [-0.39, 0.29) is 6.42 Å². The molecule has 0 aliphatic carbocycles. The van der Waals surface area contributed by atoms with Gasteiger partial charge in [-0.3, -0.25) is 9.59 Å². The van der Waals surface area contributed by atoms with Crippen molar-refractivity contribution in [1.29, 1.82) is 0 Å². The van der Waals surface area contributed by atoms with Crippen LogP contribution in [0.15, 0.2) is 0 Å². The van der Waals surface area contributed by atoms with Gasteiger partial charge in [-0.05, 0) is 6.42 Å². The molecule has 0 aromatic rings. The van der Waals surface area contributed by atoms with Crippen LogP contribution in [0.4, 0.5) is 0 Å². The first kappa shape index (κ1) is 10.9. The number of carbonyl (C=O) groups is 2. The molecule has 1 atom stereocenters. The molecular formula is C7H12O5. The Hall–Kier alpha value is -1.10. The third kappa shape index (κ3) is 2.87. The van der Waals surface area contributed by atoms with Crippen molar-refractivity contribution < 1.29 is 24.9 Å². The second-order valence-electron chi connectivity index (χ2n) is 2.51. The zero-order valence-corrected chi connectivity index (χ0v) is 6.73. The van der Waals surface area contributed by atoms with Gasteiger partial charge >= 0.3 is 11.9 Å². The number of rotatable bonds is 5. The highest BCUT2D eigenvalue weighted by molar-refractivity contribution is 5.93. The summed E-state index contributed by atoms with van der Waals surface area (Å²) in [4.78, 5) is 20.6. The molecule has 0 unspecified atom stereocenters. The summed E-state index contributed by atoms with van der Waals surface area (Å²) in [5, 5.41) is 25.9. The largest absolute Gasteiger partial charge is 0.481 e. The molecule has 0 heterocycles. The van der Waals surface area contributed by atoms with E-state index in [2.05, 4.69) is 0 Å². The van der Waals surface area contributed by atoms with Crippen LogP contribution in [0, 0.1) is 5.92 Å². The zero-order valence-electron chi connectivity index (χ0n) is 6.73. The van der Waals surface area contributed by atoms with E-state index in [1.165, 1.54) is 0 Å². The molecule has 0 saturated carbocycles. The fourth-order valence-electron chi connectivity index (χ4n) is 0.897. The number of aliphatic carboxylic acids is 2. The summed E-state index contributed by atoms with van der Waals surface area (Å²) < 4.78 is 0. The Labute approximate surface area is 69.6 Å². The maximum atomic E-state index is 10.3. The maximum Gasteiger partial charge on any atom is 0.320 e. The van der Waals surface area contributed by atoms with Crippen molar-refractivity contribution in [2.45, 2.75) is 25.9 Å². The minimum atomic E-state index is -1.70. The van der Waals surface area contributed by atoms with Crippen molar-refractivity contribution >= 4 is 11.9 Å². The molecule has 5 nitrogen and oxygen atoms in total. The molecular weight excluding hydrogens is 164 g/mol. The van der Waals surface area contributed by atoms with E-state index in [1.54, 1.807) is 6.92 Å². The fourth-order valence-corrected chi connectivity index (χ4v) is 0.897. The molecule has 3 N–H and O–H groups in total. The van der Waals surface area contributed by atoms with E-state index in [1.807, 2.05) is 0 Å². The first-order valence-electron chi connectivity index (χ1n) is 3.64. The van der Waals surface area contributed by atoms with Crippen LogP contribution in [0.2, 0.25) is 0 Å². The Morgan fingerprint density at radius 1 is 1.25 bits per heavy atom. The van der Waals surface area contributed by atoms with Crippen LogP contribution in [0.1, 0.15) is 19.8 Å². The van der Waals surface area contributed by atoms with Crippen LogP contribution in [0.5, 0.6) is 0 Å². The molecule has 0 radical (unpaired) electrons. The monoisotopic (exact) mass is 176 g/mol. The van der Waals surface area contributed by atoms with Crippen molar-refractivity contribution in [2.24, 2.45) is 5.92 Å². The lowest BCUT2D eigenvalue weighted by Gasteiger charge is -2.13. The van der Waals surface area contributed by atoms with E-state index in [0.717, 1.165) is 0 Å². The Morgan fingerprint density at radius 2 is 1.67 bits per heavy atom. The van der Waals surface area contributed by atoms with E-state index >= 15 is 0 Å². The number of carboxylic acid groups (broad SMARTS) is 2. The zero-order chi connectivity index (χ0) is 9.72. The number of hydrogen-bond acceptors (Lipinski definition) is 3. The quantitative estimate of drug-likeness (QED) is 0.510. The Kier molecular flexibility index (Phi) is 4.28. The highest BCUT2D eigenvalue weighted by atomic mass is 16.4. The highest BCUT2D eigenvalue weighted by Crippen LogP contribution is 2.10. The van der Waals surface area contributed by atoms with Crippen molar-refractivity contribution in [3.8, 4) is 0 Å². The minimum Gasteiger partial charge on any atom is -0.481 e. The number of hydrogen-bond donors (Lipinski definition) is 3. The van der Waals surface area contributed by atoms with Gasteiger partial charge in [0.2, 0.25) is 0 Å². The summed E-state index contributed by atoms with van der Waals surface area (Å²) in [6.45, 7) is 1.74. The second-order valence-corrected chi connectivity index (χ2v) is 2.51. The lowest BCUT2D eigenvalue weighted by atomic mass is 9.99. The molecule has 0 rings (SSSR count). The van der Waals surface area contributed by atoms with E-state index in [4.69, 9.17) is 15.3 Å². The topological polar surface area (TPSA) is 94.8 Å². The number of carboxylic acids is 2. The van der Waals surface area contributed by atoms with Gasteiger partial charge < -0.3 is 15.3 Å². The van der Waals surface area contributed by atoms with Crippen LogP contribution in [-0.4, -0.2) is 33.4 Å². The summed E-state index contributed by atoms with van der Waals surface area (Å²) in [7, 11) is 0. The average molecular weight is 176 g/mol. The van der Waals surface area contributed by atoms with Gasteiger partial charge in [0, 0.05) is 0 Å². The van der Waals surface area contributed by atoms with Gasteiger partial charge in [0.1, 0.15) is 0 Å². The van der Waals surface area contributed by atoms with Crippen LogP contribution >= 0.6 is 0 Å². The smallest absolute Gasteiger partial charge is 0.320 e. The predicted octanol–water partition coefficient (Wildman–Crippen LogP) is -0.0672. The van der Waals surface area contributed by atoms with Gasteiger partial charge in [-0.25, -0.2) is 0 Å². The molecule has 0 amide bonds. The number of aliphatic hydroxyl groups excluding tert-OH is 1. The fraction of sp³-hybridized carbons (Fsp3) is 0.714. The normalized spacial score (nSPS) is 12.9. The molecule has 70 valence electrons. The van der Waals surface area contributed by atoms with Crippen LogP contribution in [0.3, 0.4) is 0 Å². The average Bonchev–Trinajstić information content (AvgIpc) is 1.85. The molecule has 5 heteroatoms. The van der Waals surface area contributed by atoms with Crippen LogP contribution < -0.4 is 0 Å². The molecule has 0 aromatic heterocycles. The molecule has 12 heavy (non-hydrogen) atoms. The summed E-state index contributed by atoms with van der Waals surface area (Å²) >= 11 is 0. The molecule has 0 aliphatic rings. The first-order chi connectivity index (χ1) is 5.50. The molecule has 0 saturated heterocycles. The summed E-state index contributed by atoms with van der Waals surface area (Å²) in [6.07, 6.45) is -0.563. The Balaban J connectivity index is 4.29. The molecule has 0 spiro atoms. The Morgan fingerprint density at radius 3 is 1.92 bits per heavy atom. The second kappa shape index (κ2) is 4.71. The molecule has 0 bridgehead atoms. The predicted molar refractivity (Wildman–Crippen MR) is 39.7 cm³/mol. The van der Waals surface area contributed by atoms with Gasteiger partial charge in [-0.2, -0.15) is 0 Å². The summed E-state index contributed by atoms with van der Waals surface area (Å²) in [5.41, 5.74) is 0. The van der Waals surface area contributed by atoms with Crippen molar-refractivity contribution in [3.63, 3.8) is 0 Å². The van der Waals surface area contributed by atoms with Crippen LogP contribution in [0.25, 0.3) is 0 Å². The van der Waals surface area contributed by atoms with Gasteiger partial charge in [-0.15, -0.1) is 0 Å². The SMILES string of the molecule is CCC[C@H](O)C(C(=O)O)C(=O)O. The van der Waals surface area contributed by atoms with Crippen molar-refractivity contribution in [3.05, 3.63) is 0 Å². The molecule has 0 aromatic carbocycles. The third-order valence-electron chi connectivity index (χ3n) is 1.50. The summed E-state index contributed by atoms with van der Waals surface area (Å²) in [6, 6.07) is 0. The van der Waals surface area contributed by atoms with E-state index < -0.39 is 24.0 Å². The molecule has 0 fully saturated rings. The summed E-state index contributed by atoms with van der Waals surface area (Å²) in [5.74, 6) is -4.70. The van der Waals surface area contributed by atoms with Crippen LogP contribution in [-0.2, 0) is 9.59 Å². The molecule has 0 aliphatic heterocycles. The standard InChI is InChI=1S/C7H12O5/c1-2-3-4(8)5(6(9)10)7(11)12/h4-5,8H,2-3H2,1H3,(H,9,10)(H,11,12)/t4-/m0/s1. The van der Waals surface area contributed by atoms with Gasteiger partial charge in [0.25, 0.3) is 0 Å².